The van der Waals surface area contributed by atoms with Gasteiger partial charge in [0.25, 0.3) is 0 Å². The standard InChI is InChI=1S/C15H20ClN3O2/c1-10-4-13(16)17-14(21-3)12(10)5-18-6-15(7-18)8-19(9-15)11(2)20/h4H,5-9H2,1-3H3. The second-order valence-corrected chi connectivity index (χ2v) is 6.66. The molecule has 0 bridgehead atoms. The molecule has 1 spiro atoms. The normalized spacial score (nSPS) is 20.1. The van der Waals surface area contributed by atoms with Crippen LogP contribution >= 0.6 is 11.6 Å². The summed E-state index contributed by atoms with van der Waals surface area (Å²) in [7, 11) is 1.62. The van der Waals surface area contributed by atoms with Gasteiger partial charge in [-0.15, -0.1) is 0 Å². The summed E-state index contributed by atoms with van der Waals surface area (Å²) in [6, 6.07) is 1.87. The Morgan fingerprint density at radius 2 is 2.10 bits per heavy atom. The molecule has 5 nitrogen and oxygen atoms in total. The van der Waals surface area contributed by atoms with Gasteiger partial charge in [-0.1, -0.05) is 11.6 Å². The molecule has 0 N–H and O–H groups in total. The molecule has 1 aromatic heterocycles. The minimum atomic E-state index is 0.179. The van der Waals surface area contributed by atoms with E-state index in [2.05, 4.69) is 9.88 Å². The van der Waals surface area contributed by atoms with Crippen LogP contribution in [0.15, 0.2) is 6.07 Å². The van der Waals surface area contributed by atoms with Crippen LogP contribution in [0.1, 0.15) is 18.1 Å². The van der Waals surface area contributed by atoms with Gasteiger partial charge < -0.3 is 9.64 Å². The number of likely N-dealkylation sites (tertiary alicyclic amines) is 2. The van der Waals surface area contributed by atoms with Crippen molar-refractivity contribution in [2.45, 2.75) is 20.4 Å². The summed E-state index contributed by atoms with van der Waals surface area (Å²) in [5.41, 5.74) is 2.53. The second kappa shape index (κ2) is 5.14. The number of amides is 1. The summed E-state index contributed by atoms with van der Waals surface area (Å²) in [5, 5.41) is 0.462. The van der Waals surface area contributed by atoms with Crippen LogP contribution in [0.25, 0.3) is 0 Å². The fraction of sp³-hybridized carbons (Fsp3) is 0.600. The first kappa shape index (κ1) is 14.6. The van der Waals surface area contributed by atoms with Crippen molar-refractivity contribution < 1.29 is 9.53 Å². The van der Waals surface area contributed by atoms with Gasteiger partial charge in [-0.3, -0.25) is 9.69 Å². The maximum atomic E-state index is 11.3. The minimum Gasteiger partial charge on any atom is -0.481 e. The maximum absolute atomic E-state index is 11.3. The molecule has 114 valence electrons. The number of hydrogen-bond donors (Lipinski definition) is 0. The van der Waals surface area contributed by atoms with Crippen LogP contribution in [0.4, 0.5) is 0 Å². The lowest BCUT2D eigenvalue weighted by atomic mass is 9.72. The highest BCUT2D eigenvalue weighted by Gasteiger charge is 2.52. The van der Waals surface area contributed by atoms with Gasteiger partial charge in [0.2, 0.25) is 11.8 Å². The van der Waals surface area contributed by atoms with E-state index in [1.54, 1.807) is 14.0 Å². The number of methoxy groups -OCH3 is 1. The third-order valence-corrected chi connectivity index (χ3v) is 4.66. The van der Waals surface area contributed by atoms with Gasteiger partial charge in [0.15, 0.2) is 0 Å². The monoisotopic (exact) mass is 309 g/mol. The number of aromatic nitrogens is 1. The van der Waals surface area contributed by atoms with Crippen LogP contribution in [0.5, 0.6) is 5.88 Å². The Balaban J connectivity index is 1.62. The first-order chi connectivity index (χ1) is 9.92. The van der Waals surface area contributed by atoms with Gasteiger partial charge >= 0.3 is 0 Å². The van der Waals surface area contributed by atoms with Crippen LogP contribution in [0.2, 0.25) is 5.15 Å². The maximum Gasteiger partial charge on any atom is 0.219 e. The molecule has 3 heterocycles. The number of carbonyl (C=O) groups excluding carboxylic acids is 1. The second-order valence-electron chi connectivity index (χ2n) is 6.27. The van der Waals surface area contributed by atoms with E-state index < -0.39 is 0 Å². The van der Waals surface area contributed by atoms with Crippen molar-refractivity contribution in [3.63, 3.8) is 0 Å². The SMILES string of the molecule is COc1nc(Cl)cc(C)c1CN1CC2(C1)CN(C(C)=O)C2. The van der Waals surface area contributed by atoms with Crippen molar-refractivity contribution in [3.05, 3.63) is 22.3 Å². The smallest absolute Gasteiger partial charge is 0.219 e. The van der Waals surface area contributed by atoms with Crippen molar-refractivity contribution in [1.82, 2.24) is 14.8 Å². The molecule has 0 radical (unpaired) electrons. The molecule has 3 rings (SSSR count). The van der Waals surface area contributed by atoms with Crippen molar-refractivity contribution >= 4 is 17.5 Å². The van der Waals surface area contributed by atoms with E-state index in [4.69, 9.17) is 16.3 Å². The van der Waals surface area contributed by atoms with Gasteiger partial charge in [0.05, 0.1) is 7.11 Å². The number of rotatable bonds is 3. The van der Waals surface area contributed by atoms with E-state index >= 15 is 0 Å². The van der Waals surface area contributed by atoms with Gasteiger partial charge in [-0.05, 0) is 18.6 Å². The van der Waals surface area contributed by atoms with Gasteiger partial charge in [0, 0.05) is 50.6 Å². The predicted molar refractivity (Wildman–Crippen MR) is 80.5 cm³/mol. The van der Waals surface area contributed by atoms with Gasteiger partial charge in [0.1, 0.15) is 5.15 Å². The zero-order valence-corrected chi connectivity index (χ0v) is 13.4. The molecule has 0 saturated carbocycles. The van der Waals surface area contributed by atoms with Crippen LogP contribution < -0.4 is 4.74 Å². The molecular weight excluding hydrogens is 290 g/mol. The Kier molecular flexibility index (Phi) is 3.58. The lowest BCUT2D eigenvalue weighted by Crippen LogP contribution is -2.72. The molecule has 1 aromatic rings. The average Bonchev–Trinajstić information content (AvgIpc) is 2.31. The van der Waals surface area contributed by atoms with Crippen molar-refractivity contribution in [2.24, 2.45) is 5.41 Å². The van der Waals surface area contributed by atoms with E-state index in [1.807, 2.05) is 17.9 Å². The van der Waals surface area contributed by atoms with Gasteiger partial charge in [-0.25, -0.2) is 4.98 Å². The van der Waals surface area contributed by atoms with E-state index in [1.165, 1.54) is 0 Å². The quantitative estimate of drug-likeness (QED) is 0.798. The third kappa shape index (κ3) is 2.60. The number of halogens is 1. The molecule has 0 aliphatic carbocycles. The number of hydrogen-bond acceptors (Lipinski definition) is 4. The lowest BCUT2D eigenvalue weighted by molar-refractivity contribution is -0.157. The molecular formula is C15H20ClN3O2. The molecule has 0 aromatic carbocycles. The molecule has 0 unspecified atom stereocenters. The van der Waals surface area contributed by atoms with E-state index in [0.29, 0.717) is 16.4 Å². The first-order valence-corrected chi connectivity index (χ1v) is 7.48. The molecule has 2 saturated heterocycles. The molecule has 2 aliphatic rings. The topological polar surface area (TPSA) is 45.7 Å². The number of aryl methyl sites for hydroxylation is 1. The van der Waals surface area contributed by atoms with Gasteiger partial charge in [-0.2, -0.15) is 0 Å². The van der Waals surface area contributed by atoms with Crippen LogP contribution in [0, 0.1) is 12.3 Å². The summed E-state index contributed by atoms with van der Waals surface area (Å²) in [6.45, 7) is 8.34. The number of nitrogens with zero attached hydrogens (tertiary/aromatic N) is 3. The highest BCUT2D eigenvalue weighted by molar-refractivity contribution is 6.29. The van der Waals surface area contributed by atoms with Crippen LogP contribution in [-0.2, 0) is 11.3 Å². The Hall–Kier alpha value is -1.33. The number of carbonyl (C=O) groups is 1. The number of pyridine rings is 1. The fourth-order valence-corrected chi connectivity index (χ4v) is 3.66. The summed E-state index contributed by atoms with van der Waals surface area (Å²) in [4.78, 5) is 19.8. The Morgan fingerprint density at radius 1 is 1.43 bits per heavy atom. The van der Waals surface area contributed by atoms with E-state index in [9.17, 15) is 4.79 Å². The van der Waals surface area contributed by atoms with Crippen molar-refractivity contribution in [3.8, 4) is 5.88 Å². The van der Waals surface area contributed by atoms with Crippen molar-refractivity contribution in [2.75, 3.05) is 33.3 Å². The van der Waals surface area contributed by atoms with Crippen LogP contribution in [-0.4, -0.2) is 54.0 Å². The Morgan fingerprint density at radius 3 is 2.67 bits per heavy atom. The number of ether oxygens (including phenoxy) is 1. The molecule has 21 heavy (non-hydrogen) atoms. The zero-order valence-electron chi connectivity index (χ0n) is 12.6. The molecule has 2 aliphatic heterocycles. The van der Waals surface area contributed by atoms with E-state index in [-0.39, 0.29) is 5.91 Å². The summed E-state index contributed by atoms with van der Waals surface area (Å²) >= 11 is 5.97. The Bertz CT molecular complexity index is 577. The average molecular weight is 310 g/mol. The fourth-order valence-electron chi connectivity index (χ4n) is 3.42. The van der Waals surface area contributed by atoms with Crippen LogP contribution in [0.3, 0.4) is 0 Å². The lowest BCUT2D eigenvalue weighted by Gasteiger charge is -2.60. The zero-order chi connectivity index (χ0) is 15.2. The Labute approximate surface area is 129 Å². The predicted octanol–water partition coefficient (Wildman–Crippen LogP) is 1.72. The first-order valence-electron chi connectivity index (χ1n) is 7.10. The molecule has 0 atom stereocenters. The largest absolute Gasteiger partial charge is 0.481 e. The molecule has 1 amide bonds. The van der Waals surface area contributed by atoms with Crippen molar-refractivity contribution in [1.29, 1.82) is 0 Å². The molecule has 6 heteroatoms. The summed E-state index contributed by atoms with van der Waals surface area (Å²) in [6.07, 6.45) is 0. The highest BCUT2D eigenvalue weighted by Crippen LogP contribution is 2.41. The summed E-state index contributed by atoms with van der Waals surface area (Å²) in [5.74, 6) is 0.790. The minimum absolute atomic E-state index is 0.179. The highest BCUT2D eigenvalue weighted by atomic mass is 35.5. The molecule has 2 fully saturated rings. The third-order valence-electron chi connectivity index (χ3n) is 4.47. The summed E-state index contributed by atoms with van der Waals surface area (Å²) < 4.78 is 5.34. The van der Waals surface area contributed by atoms with E-state index in [0.717, 1.165) is 43.9 Å².